The van der Waals surface area contributed by atoms with Crippen molar-refractivity contribution in [3.63, 3.8) is 0 Å². The van der Waals surface area contributed by atoms with Gasteiger partial charge in [0.1, 0.15) is 0 Å². The fourth-order valence-corrected chi connectivity index (χ4v) is 6.96. The summed E-state index contributed by atoms with van der Waals surface area (Å²) in [7, 11) is 1.52. The van der Waals surface area contributed by atoms with Gasteiger partial charge in [-0.3, -0.25) is 19.5 Å². The molecule has 1 saturated heterocycles. The van der Waals surface area contributed by atoms with Gasteiger partial charge in [0.15, 0.2) is 23.3 Å². The Morgan fingerprint density at radius 1 is 1.07 bits per heavy atom. The van der Waals surface area contributed by atoms with E-state index in [4.69, 9.17) is 26.1 Å². The number of carbonyl (C=O) groups excluding carboxylic acids is 2. The van der Waals surface area contributed by atoms with Crippen LogP contribution in [0.3, 0.4) is 0 Å². The van der Waals surface area contributed by atoms with Gasteiger partial charge >= 0.3 is 0 Å². The number of amides is 2. The molecule has 2 aliphatic carbocycles. The van der Waals surface area contributed by atoms with E-state index < -0.39 is 0 Å². The van der Waals surface area contributed by atoms with Crippen molar-refractivity contribution in [3.05, 3.63) is 58.0 Å². The van der Waals surface area contributed by atoms with Gasteiger partial charge in [-0.25, -0.2) is 0 Å². The number of benzene rings is 2. The molecule has 1 N–H and O–H groups in total. The summed E-state index contributed by atoms with van der Waals surface area (Å²) in [6, 6.07) is 13.2. The summed E-state index contributed by atoms with van der Waals surface area (Å²) in [6.45, 7) is -0.225. The average Bonchev–Trinajstić information content (AvgIpc) is 3.27. The maximum Gasteiger partial charge on any atom is 0.266 e. The van der Waals surface area contributed by atoms with Gasteiger partial charge in [-0.2, -0.15) is 0 Å². The number of hydrogen-bond donors (Lipinski definition) is 1. The maximum absolute atomic E-state index is 13.7. The summed E-state index contributed by atoms with van der Waals surface area (Å²) in [5.41, 5.74) is 1.41. The van der Waals surface area contributed by atoms with Crippen LogP contribution in [-0.4, -0.2) is 47.7 Å². The molecule has 0 bridgehead atoms. The van der Waals surface area contributed by atoms with Crippen LogP contribution >= 0.6 is 23.4 Å². The Kier molecular flexibility index (Phi) is 9.70. The number of aliphatic imine (C=N–C) groups is 1. The Morgan fingerprint density at radius 2 is 1.77 bits per heavy atom. The van der Waals surface area contributed by atoms with Crippen LogP contribution < -0.4 is 14.8 Å². The third-order valence-corrected chi connectivity index (χ3v) is 8.88. The van der Waals surface area contributed by atoms with E-state index in [1.165, 1.54) is 44.6 Å². The largest absolute Gasteiger partial charge is 0.493 e. The molecule has 0 radical (unpaired) electrons. The molecule has 1 heterocycles. The van der Waals surface area contributed by atoms with Crippen LogP contribution in [0.2, 0.25) is 5.02 Å². The van der Waals surface area contributed by atoms with Gasteiger partial charge in [0.25, 0.3) is 11.8 Å². The molecule has 3 fully saturated rings. The van der Waals surface area contributed by atoms with E-state index in [1.807, 2.05) is 29.2 Å². The van der Waals surface area contributed by atoms with E-state index >= 15 is 0 Å². The van der Waals surface area contributed by atoms with Crippen LogP contribution in [0.5, 0.6) is 11.5 Å². The lowest BCUT2D eigenvalue weighted by molar-refractivity contribution is -0.124. The summed E-state index contributed by atoms with van der Waals surface area (Å²) in [5, 5.41) is 3.93. The number of anilines is 1. The second-order valence-electron chi connectivity index (χ2n) is 10.5. The number of methoxy groups -OCH3 is 1. The molecule has 0 atom stereocenters. The van der Waals surface area contributed by atoms with Crippen molar-refractivity contribution in [2.75, 3.05) is 19.0 Å². The zero-order chi connectivity index (χ0) is 27.9. The fourth-order valence-electron chi connectivity index (χ4n) is 5.57. The number of nitrogens with zero attached hydrogens (tertiary/aromatic N) is 2. The highest BCUT2D eigenvalue weighted by atomic mass is 35.5. The number of amidine groups is 1. The first-order chi connectivity index (χ1) is 19.5. The van der Waals surface area contributed by atoms with E-state index in [0.717, 1.165) is 49.3 Å². The fraction of sp³-hybridized carbons (Fsp3) is 0.452. The highest BCUT2D eigenvalue weighted by Crippen LogP contribution is 2.41. The monoisotopic (exact) mass is 581 g/mol. The number of para-hydroxylation sites is 1. The van der Waals surface area contributed by atoms with Crippen LogP contribution in [0.25, 0.3) is 6.08 Å². The number of carbonyl (C=O) groups is 2. The molecule has 7 nitrogen and oxygen atoms in total. The Balaban J connectivity index is 1.34. The summed E-state index contributed by atoms with van der Waals surface area (Å²) < 4.78 is 11.3. The van der Waals surface area contributed by atoms with Gasteiger partial charge in [-0.05, 0) is 73.4 Å². The van der Waals surface area contributed by atoms with Crippen LogP contribution in [0.15, 0.2) is 52.4 Å². The van der Waals surface area contributed by atoms with E-state index in [-0.39, 0.29) is 30.2 Å². The third kappa shape index (κ3) is 7.02. The molecule has 0 aromatic heterocycles. The van der Waals surface area contributed by atoms with E-state index in [0.29, 0.717) is 27.4 Å². The molecule has 0 unspecified atom stereocenters. The number of nitrogens with one attached hydrogen (secondary N) is 1. The van der Waals surface area contributed by atoms with Crippen molar-refractivity contribution in [3.8, 4) is 11.5 Å². The summed E-state index contributed by atoms with van der Waals surface area (Å²) in [5.74, 6) is 0.376. The predicted octanol–water partition coefficient (Wildman–Crippen LogP) is 7.30. The molecule has 2 saturated carbocycles. The van der Waals surface area contributed by atoms with Gasteiger partial charge < -0.3 is 14.8 Å². The molecular weight excluding hydrogens is 546 g/mol. The van der Waals surface area contributed by atoms with Crippen molar-refractivity contribution in [2.45, 2.75) is 76.3 Å². The minimum atomic E-state index is -0.309. The van der Waals surface area contributed by atoms with Gasteiger partial charge in [-0.15, -0.1) is 0 Å². The molecule has 5 rings (SSSR count). The van der Waals surface area contributed by atoms with Gasteiger partial charge in [0.2, 0.25) is 0 Å². The Bertz CT molecular complexity index is 1270. The average molecular weight is 582 g/mol. The predicted molar refractivity (Wildman–Crippen MR) is 162 cm³/mol. The van der Waals surface area contributed by atoms with Gasteiger partial charge in [0, 0.05) is 11.7 Å². The molecule has 3 aliphatic rings. The van der Waals surface area contributed by atoms with Crippen molar-refractivity contribution < 1.29 is 19.1 Å². The smallest absolute Gasteiger partial charge is 0.266 e. The molecule has 40 heavy (non-hydrogen) atoms. The number of thioether (sulfide) groups is 1. The first-order valence-corrected chi connectivity index (χ1v) is 15.4. The lowest BCUT2D eigenvalue weighted by atomic mass is 9.94. The standard InChI is InChI=1S/C31H36ClN3O4S/c1-38-26-18-21(17-25(32)29(26)39-20-28(36)33-22-11-5-2-6-12-22)19-27-30(37)35(24-15-9-4-10-16-24)31(40-27)34-23-13-7-3-8-14-23/h2,5-6,11-12,17-19,23-24H,3-4,7-10,13-16,20H2,1H3,(H,33,36). The molecule has 2 aromatic carbocycles. The van der Waals surface area contributed by atoms with Crippen molar-refractivity contribution >= 4 is 52.1 Å². The molecule has 212 valence electrons. The molecule has 0 spiro atoms. The third-order valence-electron chi connectivity index (χ3n) is 7.60. The minimum absolute atomic E-state index is 0.0134. The highest BCUT2D eigenvalue weighted by molar-refractivity contribution is 8.18. The maximum atomic E-state index is 13.7. The Labute approximate surface area is 245 Å². The summed E-state index contributed by atoms with van der Waals surface area (Å²) in [4.78, 5) is 33.8. The lowest BCUT2D eigenvalue weighted by Crippen LogP contribution is -2.41. The topological polar surface area (TPSA) is 80.2 Å². The molecular formula is C31H36ClN3O4S. The molecule has 9 heteroatoms. The van der Waals surface area contributed by atoms with Crippen molar-refractivity contribution in [2.24, 2.45) is 4.99 Å². The number of halogens is 1. The van der Waals surface area contributed by atoms with Crippen LogP contribution in [-0.2, 0) is 9.59 Å². The van der Waals surface area contributed by atoms with Gasteiger partial charge in [0.05, 0.1) is 23.1 Å². The zero-order valence-corrected chi connectivity index (χ0v) is 24.4. The Morgan fingerprint density at radius 3 is 2.48 bits per heavy atom. The highest BCUT2D eigenvalue weighted by Gasteiger charge is 2.39. The molecule has 1 aliphatic heterocycles. The molecule has 2 amide bonds. The Hall–Kier alpha value is -2.97. The molecule has 2 aromatic rings. The lowest BCUT2D eigenvalue weighted by Gasteiger charge is -2.31. The summed E-state index contributed by atoms with van der Waals surface area (Å²) in [6.07, 6.45) is 13.3. The number of rotatable bonds is 8. The normalized spacial score (nSPS) is 20.8. The second kappa shape index (κ2) is 13.6. The van der Waals surface area contributed by atoms with Crippen LogP contribution in [0.4, 0.5) is 5.69 Å². The minimum Gasteiger partial charge on any atom is -0.493 e. The van der Waals surface area contributed by atoms with Crippen LogP contribution in [0.1, 0.15) is 69.8 Å². The first-order valence-electron chi connectivity index (χ1n) is 14.2. The van der Waals surface area contributed by atoms with E-state index in [1.54, 1.807) is 24.3 Å². The number of hydrogen-bond acceptors (Lipinski definition) is 6. The van der Waals surface area contributed by atoms with E-state index in [9.17, 15) is 9.59 Å². The SMILES string of the molecule is COc1cc(C=C2SC(=NC3CCCCC3)N(C3CCCCC3)C2=O)cc(Cl)c1OCC(=O)Nc1ccccc1. The van der Waals surface area contributed by atoms with Gasteiger partial charge in [-0.1, -0.05) is 68.3 Å². The summed E-state index contributed by atoms with van der Waals surface area (Å²) >= 11 is 8.06. The van der Waals surface area contributed by atoms with Crippen molar-refractivity contribution in [1.82, 2.24) is 4.90 Å². The second-order valence-corrected chi connectivity index (χ2v) is 11.9. The first kappa shape index (κ1) is 28.6. The van der Waals surface area contributed by atoms with Crippen molar-refractivity contribution in [1.29, 1.82) is 0 Å². The van der Waals surface area contributed by atoms with E-state index in [2.05, 4.69) is 5.32 Å². The number of ether oxygens (including phenoxy) is 2. The zero-order valence-electron chi connectivity index (χ0n) is 22.9. The quantitative estimate of drug-likeness (QED) is 0.331. The van der Waals surface area contributed by atoms with Crippen LogP contribution in [0, 0.1) is 0 Å².